The Hall–Kier alpha value is -7.82. The van der Waals surface area contributed by atoms with Gasteiger partial charge in [-0.1, -0.05) is 93.0 Å². The predicted octanol–water partition coefficient (Wildman–Crippen LogP) is 16.3. The topological polar surface area (TPSA) is 19.7 Å². The number of hydrogen-bond acceptors (Lipinski definition) is 0. The third-order valence-corrected chi connectivity index (χ3v) is 15.6. The number of benzene rings is 9. The van der Waals surface area contributed by atoms with E-state index in [0.717, 1.165) is 5.69 Å². The van der Waals surface area contributed by atoms with Crippen molar-refractivity contribution in [1.29, 1.82) is 0 Å². The molecule has 0 spiro atoms. The molecule has 4 nitrogen and oxygen atoms in total. The van der Waals surface area contributed by atoms with Gasteiger partial charge in [0.1, 0.15) is 0 Å². The summed E-state index contributed by atoms with van der Waals surface area (Å²) in [5.41, 5.74) is 29.1. The highest BCUT2D eigenvalue weighted by Crippen LogP contribution is 2.58. The SMILES string of the molecule is Cc1ccc2c(c1)c1cc(C)ccc1n2-c1cc2c3c(c1-n1c4ccc(C)cc4c4cc(C)ccc41)-n1c4ccc(C)cc4c4cc(C)cc(c41)C3c1cc(C)cc3c4cc(C)ccc4n-2c13. The zero-order valence-electron chi connectivity index (χ0n) is 39.1. The van der Waals surface area contributed by atoms with Gasteiger partial charge in [-0.25, -0.2) is 0 Å². The van der Waals surface area contributed by atoms with E-state index in [9.17, 15) is 0 Å². The van der Waals surface area contributed by atoms with Gasteiger partial charge in [0.25, 0.3) is 0 Å². The van der Waals surface area contributed by atoms with Gasteiger partial charge in [0.2, 0.25) is 0 Å². The molecule has 13 aromatic rings. The molecule has 1 atom stereocenters. The first-order chi connectivity index (χ1) is 32.5. The van der Waals surface area contributed by atoms with Crippen LogP contribution in [0.3, 0.4) is 0 Å². The van der Waals surface area contributed by atoms with E-state index in [1.54, 1.807) is 0 Å². The molecule has 2 aliphatic heterocycles. The van der Waals surface area contributed by atoms with Crippen LogP contribution in [0.2, 0.25) is 0 Å². The maximum absolute atomic E-state index is 2.70. The Morgan fingerprint density at radius 1 is 0.269 bits per heavy atom. The van der Waals surface area contributed by atoms with Crippen molar-refractivity contribution >= 4 is 87.2 Å². The normalized spacial score (nSPS) is 14.1. The summed E-state index contributed by atoms with van der Waals surface area (Å²) in [5.74, 6) is -0.0144. The van der Waals surface area contributed by atoms with Crippen LogP contribution >= 0.6 is 0 Å². The number of hydrogen-bond donors (Lipinski definition) is 0. The van der Waals surface area contributed by atoms with Crippen LogP contribution in [0.25, 0.3) is 110 Å². The summed E-state index contributed by atoms with van der Waals surface area (Å²) in [6, 6.07) is 55.0. The molecule has 67 heavy (non-hydrogen) atoms. The van der Waals surface area contributed by atoms with Crippen LogP contribution in [0, 0.1) is 55.4 Å². The van der Waals surface area contributed by atoms with E-state index in [0.29, 0.717) is 0 Å². The minimum Gasteiger partial charge on any atom is -0.308 e. The van der Waals surface area contributed by atoms with E-state index in [-0.39, 0.29) is 5.92 Å². The Bertz CT molecular complexity index is 4360. The first-order valence-electron chi connectivity index (χ1n) is 23.9. The summed E-state index contributed by atoms with van der Waals surface area (Å²) < 4.78 is 10.6. The highest BCUT2D eigenvalue weighted by atomic mass is 15.1. The van der Waals surface area contributed by atoms with Gasteiger partial charge in [-0.05, 0) is 158 Å². The van der Waals surface area contributed by atoms with Crippen molar-refractivity contribution < 1.29 is 0 Å². The van der Waals surface area contributed by atoms with Crippen LogP contribution in [-0.4, -0.2) is 18.3 Å². The average molecular weight is 861 g/mol. The molecule has 4 heteroatoms. The van der Waals surface area contributed by atoms with Crippen molar-refractivity contribution in [2.24, 2.45) is 0 Å². The highest BCUT2D eigenvalue weighted by molar-refractivity contribution is 6.18. The lowest BCUT2D eigenvalue weighted by molar-refractivity contribution is 0.869. The smallest absolute Gasteiger partial charge is 0.0951 e. The molecule has 2 aliphatic rings. The van der Waals surface area contributed by atoms with E-state index in [1.807, 2.05) is 0 Å². The summed E-state index contributed by atoms with van der Waals surface area (Å²) in [5, 5.41) is 10.4. The van der Waals surface area contributed by atoms with Gasteiger partial charge in [0.15, 0.2) is 0 Å². The molecule has 4 aromatic heterocycles. The summed E-state index contributed by atoms with van der Waals surface area (Å²) in [6.07, 6.45) is 0. The molecular weight excluding hydrogens is 813 g/mol. The molecule has 1 unspecified atom stereocenters. The molecule has 15 rings (SSSR count). The minimum absolute atomic E-state index is 0.0144. The molecule has 0 aliphatic carbocycles. The van der Waals surface area contributed by atoms with Crippen molar-refractivity contribution in [1.82, 2.24) is 18.3 Å². The standard InChI is InChI=1S/C63H48N4/c1-32-9-15-50-40(21-32)41-22-33(2)10-16-51(41)64(50)57-31-56-59-58(48-29-38(7)27-46-44-25-36(5)13-19-54(44)66(56)60(46)48)49-30-39(8)28-47-45-26-37(6)14-20-55(45)67(61(47)49)63(59)62(57)65-52-17-11-34(3)23-42(52)43-24-35(4)12-18-53(43)65/h9-31,58H,1-8H3. The highest BCUT2D eigenvalue weighted by Gasteiger charge is 2.42. The zero-order valence-corrected chi connectivity index (χ0v) is 39.1. The lowest BCUT2D eigenvalue weighted by Crippen LogP contribution is -2.24. The molecule has 6 heterocycles. The van der Waals surface area contributed by atoms with Crippen LogP contribution in [0.1, 0.15) is 67.1 Å². The summed E-state index contributed by atoms with van der Waals surface area (Å²) in [4.78, 5) is 0. The molecule has 0 N–H and O–H groups in total. The van der Waals surface area contributed by atoms with Gasteiger partial charge >= 0.3 is 0 Å². The van der Waals surface area contributed by atoms with E-state index in [2.05, 4.69) is 213 Å². The fourth-order valence-corrected chi connectivity index (χ4v) is 13.0. The Morgan fingerprint density at radius 3 is 1.01 bits per heavy atom. The van der Waals surface area contributed by atoms with Crippen molar-refractivity contribution in [3.63, 3.8) is 0 Å². The van der Waals surface area contributed by atoms with Crippen LogP contribution < -0.4 is 0 Å². The monoisotopic (exact) mass is 860 g/mol. The largest absolute Gasteiger partial charge is 0.308 e. The molecule has 0 fully saturated rings. The minimum atomic E-state index is -0.0144. The van der Waals surface area contributed by atoms with Gasteiger partial charge in [-0.2, -0.15) is 0 Å². The third-order valence-electron chi connectivity index (χ3n) is 15.6. The molecule has 320 valence electrons. The van der Waals surface area contributed by atoms with E-state index in [4.69, 9.17) is 0 Å². The number of nitrogens with zero attached hydrogens (tertiary/aromatic N) is 4. The summed E-state index contributed by atoms with van der Waals surface area (Å²) in [6.45, 7) is 18.0. The van der Waals surface area contributed by atoms with Gasteiger partial charge in [-0.15, -0.1) is 0 Å². The second-order valence-electron chi connectivity index (χ2n) is 20.4. The lowest BCUT2D eigenvalue weighted by atomic mass is 9.76. The lowest BCUT2D eigenvalue weighted by Gasteiger charge is -2.38. The quantitative estimate of drug-likeness (QED) is 0.165. The van der Waals surface area contributed by atoms with E-state index < -0.39 is 0 Å². The van der Waals surface area contributed by atoms with Gasteiger partial charge in [0, 0.05) is 54.6 Å². The molecule has 0 bridgehead atoms. The van der Waals surface area contributed by atoms with Gasteiger partial charge < -0.3 is 18.3 Å². The van der Waals surface area contributed by atoms with Crippen LogP contribution in [0.15, 0.2) is 140 Å². The number of aryl methyl sites for hydroxylation is 8. The molecule has 9 aromatic carbocycles. The molecular formula is C63H48N4. The first-order valence-corrected chi connectivity index (χ1v) is 23.9. The second kappa shape index (κ2) is 12.5. The van der Waals surface area contributed by atoms with Crippen LogP contribution in [0.4, 0.5) is 0 Å². The van der Waals surface area contributed by atoms with Crippen LogP contribution in [-0.2, 0) is 0 Å². The third kappa shape index (κ3) is 4.68. The summed E-state index contributed by atoms with van der Waals surface area (Å²) in [7, 11) is 0. The van der Waals surface area contributed by atoms with Crippen molar-refractivity contribution in [2.45, 2.75) is 61.3 Å². The van der Waals surface area contributed by atoms with Gasteiger partial charge in [0.05, 0.1) is 66.9 Å². The Balaban J connectivity index is 1.28. The van der Waals surface area contributed by atoms with Crippen LogP contribution in [0.5, 0.6) is 0 Å². The number of fused-ring (bicyclic) bond motifs is 16. The average Bonchev–Trinajstić information content (AvgIpc) is 4.00. The Labute approximate surface area is 388 Å². The second-order valence-corrected chi connectivity index (χ2v) is 20.4. The summed E-state index contributed by atoms with van der Waals surface area (Å²) >= 11 is 0. The molecule has 0 saturated carbocycles. The zero-order chi connectivity index (χ0) is 45.0. The fraction of sp³-hybridized carbons (Fsp3) is 0.143. The fourth-order valence-electron chi connectivity index (χ4n) is 13.0. The van der Waals surface area contributed by atoms with Crippen molar-refractivity contribution in [3.8, 4) is 22.7 Å². The molecule has 0 amide bonds. The van der Waals surface area contributed by atoms with E-state index >= 15 is 0 Å². The van der Waals surface area contributed by atoms with E-state index in [1.165, 1.54) is 165 Å². The number of rotatable bonds is 2. The maximum atomic E-state index is 2.70. The van der Waals surface area contributed by atoms with Crippen molar-refractivity contribution in [2.75, 3.05) is 0 Å². The molecule has 0 saturated heterocycles. The predicted molar refractivity (Wildman–Crippen MR) is 283 cm³/mol. The van der Waals surface area contributed by atoms with Crippen molar-refractivity contribution in [3.05, 3.63) is 201 Å². The first kappa shape index (κ1) is 37.4. The number of aromatic nitrogens is 4. The Kier molecular flexibility index (Phi) is 7.00. The maximum Gasteiger partial charge on any atom is 0.0951 e. The van der Waals surface area contributed by atoms with Gasteiger partial charge in [-0.3, -0.25) is 0 Å². The Morgan fingerprint density at radius 2 is 0.597 bits per heavy atom. The molecule has 0 radical (unpaired) electrons.